The number of nitrogens with zero attached hydrogens (tertiary/aromatic N) is 2. The number of amides is 1. The Labute approximate surface area is 98.2 Å². The second-order valence-corrected chi connectivity index (χ2v) is 3.02. The van der Waals surface area contributed by atoms with E-state index in [1.807, 2.05) is 6.07 Å². The van der Waals surface area contributed by atoms with Gasteiger partial charge in [0.25, 0.3) is 5.91 Å². The molecule has 0 aliphatic heterocycles. The van der Waals surface area contributed by atoms with Crippen LogP contribution in [0.15, 0.2) is 29.4 Å². The molecular weight excluding hydrogens is 222 g/mol. The Morgan fingerprint density at radius 3 is 2.65 bits per heavy atom. The Morgan fingerprint density at radius 1 is 1.53 bits per heavy atom. The van der Waals surface area contributed by atoms with Gasteiger partial charge in [0.15, 0.2) is 0 Å². The highest BCUT2D eigenvalue weighted by molar-refractivity contribution is 6.25. The smallest absolute Gasteiger partial charge is 0.263 e. The Hall–Kier alpha value is -2.55. The van der Waals surface area contributed by atoms with E-state index in [1.165, 1.54) is 0 Å². The summed E-state index contributed by atoms with van der Waals surface area (Å²) >= 11 is 0. The van der Waals surface area contributed by atoms with Gasteiger partial charge in [0.05, 0.1) is 7.11 Å². The first-order valence-corrected chi connectivity index (χ1v) is 4.69. The number of rotatable bonds is 5. The molecule has 1 aromatic rings. The van der Waals surface area contributed by atoms with Crippen LogP contribution in [0.4, 0.5) is 0 Å². The van der Waals surface area contributed by atoms with Gasteiger partial charge in [-0.25, -0.2) is 0 Å². The summed E-state index contributed by atoms with van der Waals surface area (Å²) in [6.07, 6.45) is -0.0927. The molecule has 0 radical (unpaired) electrons. The molecule has 17 heavy (non-hydrogen) atoms. The van der Waals surface area contributed by atoms with Crippen molar-refractivity contribution in [2.45, 2.75) is 6.10 Å². The Bertz CT molecular complexity index is 448. The van der Waals surface area contributed by atoms with Crippen molar-refractivity contribution in [1.82, 2.24) is 0 Å². The summed E-state index contributed by atoms with van der Waals surface area (Å²) in [6.45, 7) is 0. The van der Waals surface area contributed by atoms with E-state index < -0.39 is 12.0 Å². The quantitative estimate of drug-likeness (QED) is 0.599. The van der Waals surface area contributed by atoms with Crippen LogP contribution in [0, 0.1) is 11.3 Å². The highest BCUT2D eigenvalue weighted by Crippen LogP contribution is 2.20. The SMILES string of the molecule is COc1ccc(C(C#N)O/N=C/C(N)=O)cc1. The molecule has 0 saturated heterocycles. The van der Waals surface area contributed by atoms with E-state index in [0.29, 0.717) is 11.3 Å². The van der Waals surface area contributed by atoms with Gasteiger partial charge in [0, 0.05) is 5.56 Å². The molecule has 0 fully saturated rings. The van der Waals surface area contributed by atoms with Gasteiger partial charge in [-0.15, -0.1) is 0 Å². The molecule has 88 valence electrons. The molecule has 1 amide bonds. The van der Waals surface area contributed by atoms with Crippen molar-refractivity contribution in [3.8, 4) is 11.8 Å². The summed E-state index contributed by atoms with van der Waals surface area (Å²) in [5.74, 6) is -0.0671. The highest BCUT2D eigenvalue weighted by Gasteiger charge is 2.11. The maximum absolute atomic E-state index is 10.4. The number of carbonyl (C=O) groups excluding carboxylic acids is 1. The van der Waals surface area contributed by atoms with Crippen LogP contribution in [0.1, 0.15) is 11.7 Å². The van der Waals surface area contributed by atoms with Gasteiger partial charge >= 0.3 is 0 Å². The first-order chi connectivity index (χ1) is 8.17. The second kappa shape index (κ2) is 6.12. The van der Waals surface area contributed by atoms with E-state index >= 15 is 0 Å². The lowest BCUT2D eigenvalue weighted by Gasteiger charge is -2.07. The van der Waals surface area contributed by atoms with Gasteiger partial charge in [-0.05, 0) is 12.1 Å². The third kappa shape index (κ3) is 3.83. The van der Waals surface area contributed by atoms with Crippen molar-refractivity contribution < 1.29 is 14.4 Å². The van der Waals surface area contributed by atoms with Gasteiger partial charge in [0.1, 0.15) is 18.0 Å². The molecule has 0 bridgehead atoms. The summed E-state index contributed by atoms with van der Waals surface area (Å²) in [4.78, 5) is 15.2. The molecule has 0 saturated carbocycles. The van der Waals surface area contributed by atoms with Gasteiger partial charge in [0.2, 0.25) is 6.10 Å². The number of ether oxygens (including phenoxy) is 1. The first-order valence-electron chi connectivity index (χ1n) is 4.69. The predicted molar refractivity (Wildman–Crippen MR) is 60.1 cm³/mol. The van der Waals surface area contributed by atoms with Gasteiger partial charge < -0.3 is 15.3 Å². The minimum absolute atomic E-state index is 0.606. The van der Waals surface area contributed by atoms with Crippen LogP contribution in [-0.4, -0.2) is 19.2 Å². The standard InChI is InChI=1S/C11H11N3O3/c1-16-9-4-2-8(3-5-9)10(6-12)17-14-7-11(13)15/h2-5,7,10H,1H3,(H2,13,15)/b14-7+. The molecule has 6 heteroatoms. The zero-order chi connectivity index (χ0) is 12.7. The monoisotopic (exact) mass is 233 g/mol. The van der Waals surface area contributed by atoms with E-state index in [4.69, 9.17) is 20.6 Å². The van der Waals surface area contributed by atoms with Crippen molar-refractivity contribution >= 4 is 12.1 Å². The molecule has 0 spiro atoms. The summed E-state index contributed by atoms with van der Waals surface area (Å²) < 4.78 is 4.98. The van der Waals surface area contributed by atoms with Crippen molar-refractivity contribution in [1.29, 1.82) is 5.26 Å². The van der Waals surface area contributed by atoms with Crippen LogP contribution in [-0.2, 0) is 9.63 Å². The molecule has 1 unspecified atom stereocenters. The number of benzene rings is 1. The van der Waals surface area contributed by atoms with Gasteiger partial charge in [-0.1, -0.05) is 17.3 Å². The molecule has 6 nitrogen and oxygen atoms in total. The molecule has 1 atom stereocenters. The van der Waals surface area contributed by atoms with Crippen LogP contribution in [0.2, 0.25) is 0 Å². The van der Waals surface area contributed by atoms with Crippen molar-refractivity contribution in [3.63, 3.8) is 0 Å². The Morgan fingerprint density at radius 2 is 2.18 bits per heavy atom. The maximum atomic E-state index is 10.4. The van der Waals surface area contributed by atoms with Crippen LogP contribution >= 0.6 is 0 Å². The van der Waals surface area contributed by atoms with Crippen LogP contribution in [0.25, 0.3) is 0 Å². The lowest BCUT2D eigenvalue weighted by Crippen LogP contribution is -2.12. The third-order valence-corrected chi connectivity index (χ3v) is 1.88. The lowest BCUT2D eigenvalue weighted by molar-refractivity contribution is -0.111. The molecule has 2 N–H and O–H groups in total. The number of carbonyl (C=O) groups is 1. The Kier molecular flexibility index (Phi) is 4.51. The largest absolute Gasteiger partial charge is 0.497 e. The fourth-order valence-electron chi connectivity index (χ4n) is 1.08. The topological polar surface area (TPSA) is 97.7 Å². The number of hydrogen-bond acceptors (Lipinski definition) is 5. The van der Waals surface area contributed by atoms with Crippen molar-refractivity contribution in [3.05, 3.63) is 29.8 Å². The van der Waals surface area contributed by atoms with Crippen LogP contribution in [0.5, 0.6) is 5.75 Å². The van der Waals surface area contributed by atoms with E-state index in [0.717, 1.165) is 6.21 Å². The van der Waals surface area contributed by atoms with Crippen molar-refractivity contribution in [2.75, 3.05) is 7.11 Å². The molecular formula is C11H11N3O3. The fourth-order valence-corrected chi connectivity index (χ4v) is 1.08. The Balaban J connectivity index is 2.73. The third-order valence-electron chi connectivity index (χ3n) is 1.88. The summed E-state index contributed by atoms with van der Waals surface area (Å²) in [6, 6.07) is 8.64. The zero-order valence-corrected chi connectivity index (χ0v) is 9.16. The molecule has 0 heterocycles. The van der Waals surface area contributed by atoms with Crippen LogP contribution in [0.3, 0.4) is 0 Å². The average Bonchev–Trinajstić information content (AvgIpc) is 2.34. The number of methoxy groups -OCH3 is 1. The molecule has 0 aliphatic rings. The number of primary amides is 1. The van der Waals surface area contributed by atoms with E-state index in [1.54, 1.807) is 31.4 Å². The van der Waals surface area contributed by atoms with Gasteiger partial charge in [-0.2, -0.15) is 5.26 Å². The molecule has 0 aliphatic carbocycles. The lowest BCUT2D eigenvalue weighted by atomic mass is 10.1. The second-order valence-electron chi connectivity index (χ2n) is 3.02. The summed E-state index contributed by atoms with van der Waals surface area (Å²) in [7, 11) is 1.55. The predicted octanol–water partition coefficient (Wildman–Crippen LogP) is 0.748. The molecule has 1 rings (SSSR count). The van der Waals surface area contributed by atoms with Crippen LogP contribution < -0.4 is 10.5 Å². The minimum atomic E-state index is -0.892. The van der Waals surface area contributed by atoms with E-state index in [9.17, 15) is 4.79 Å². The maximum Gasteiger partial charge on any atom is 0.263 e. The molecule has 0 aromatic heterocycles. The summed E-state index contributed by atoms with van der Waals surface area (Å²) in [5.41, 5.74) is 5.44. The van der Waals surface area contributed by atoms with E-state index in [2.05, 4.69) is 5.16 Å². The normalized spacial score (nSPS) is 11.8. The van der Waals surface area contributed by atoms with E-state index in [-0.39, 0.29) is 0 Å². The fraction of sp³-hybridized carbons (Fsp3) is 0.182. The number of hydrogen-bond donors (Lipinski definition) is 1. The minimum Gasteiger partial charge on any atom is -0.497 e. The van der Waals surface area contributed by atoms with Crippen molar-refractivity contribution in [2.24, 2.45) is 10.9 Å². The zero-order valence-electron chi connectivity index (χ0n) is 9.16. The summed E-state index contributed by atoms with van der Waals surface area (Å²) in [5, 5.41) is 12.2. The number of oxime groups is 1. The molecule has 1 aromatic carbocycles. The average molecular weight is 233 g/mol. The van der Waals surface area contributed by atoms with Gasteiger partial charge in [-0.3, -0.25) is 4.79 Å². The number of nitrogens with two attached hydrogens (primary N) is 1. The number of nitriles is 1. The first kappa shape index (κ1) is 12.5. The highest BCUT2D eigenvalue weighted by atomic mass is 16.6.